The van der Waals surface area contributed by atoms with Gasteiger partial charge in [0.25, 0.3) is 0 Å². The zero-order chi connectivity index (χ0) is 39.6. The highest BCUT2D eigenvalue weighted by Gasteiger charge is 2.87. The molecule has 7 N–H and O–H groups in total. The molecule has 14 heteroatoms. The molecule has 14 nitrogen and oxygen atoms in total. The van der Waals surface area contributed by atoms with Crippen LogP contribution in [0, 0.1) is 50.7 Å². The van der Waals surface area contributed by atoms with Crippen molar-refractivity contribution in [1.29, 1.82) is 0 Å². The molecule has 0 aromatic rings. The van der Waals surface area contributed by atoms with Crippen LogP contribution in [0.5, 0.6) is 0 Å². The van der Waals surface area contributed by atoms with E-state index in [9.17, 15) is 35.7 Å². The Balaban J connectivity index is 0.974. The summed E-state index contributed by atoms with van der Waals surface area (Å²) in [6.07, 6.45) is -6.45. The summed E-state index contributed by atoms with van der Waals surface area (Å²) in [5, 5.41) is 75.4. The molecule has 2 bridgehead atoms. The van der Waals surface area contributed by atoms with Crippen LogP contribution in [-0.4, -0.2) is 141 Å². The van der Waals surface area contributed by atoms with E-state index < -0.39 is 79.1 Å². The van der Waals surface area contributed by atoms with Crippen molar-refractivity contribution in [2.45, 2.75) is 191 Å². The van der Waals surface area contributed by atoms with Gasteiger partial charge in [-0.25, -0.2) is 0 Å². The lowest BCUT2D eigenvalue weighted by Crippen LogP contribution is -2.63. The van der Waals surface area contributed by atoms with E-state index in [0.717, 1.165) is 38.5 Å². The van der Waals surface area contributed by atoms with Crippen LogP contribution in [0.4, 0.5) is 0 Å². The molecule has 9 rings (SSSR count). The minimum atomic E-state index is -1.52. The molecule has 5 saturated carbocycles. The number of aliphatic hydroxyl groups is 7. The fourth-order valence-corrected chi connectivity index (χ4v) is 15.4. The number of ether oxygens (including phenoxy) is 7. The number of methoxy groups -OCH3 is 1. The van der Waals surface area contributed by atoms with E-state index in [1.807, 2.05) is 13.8 Å². The van der Waals surface area contributed by atoms with Crippen LogP contribution in [-0.2, 0) is 33.2 Å². The molecule has 4 heterocycles. The van der Waals surface area contributed by atoms with E-state index in [2.05, 4.69) is 34.6 Å². The lowest BCUT2D eigenvalue weighted by molar-refractivity contribution is -0.368. The summed E-state index contributed by atoms with van der Waals surface area (Å²) < 4.78 is 44.0. The average molecular weight is 783 g/mol. The maximum Gasteiger partial charge on any atom is 0.190 e. The van der Waals surface area contributed by atoms with Crippen LogP contribution >= 0.6 is 0 Å². The third kappa shape index (κ3) is 5.10. The molecule has 0 aromatic carbocycles. The highest BCUT2D eigenvalue weighted by molar-refractivity contribution is 5.34. The van der Waals surface area contributed by atoms with Crippen molar-refractivity contribution < 1.29 is 68.9 Å². The Labute approximate surface area is 324 Å². The molecule has 0 aromatic heterocycles. The van der Waals surface area contributed by atoms with Gasteiger partial charge >= 0.3 is 0 Å². The molecule has 9 fully saturated rings. The molecule has 9 aliphatic rings. The van der Waals surface area contributed by atoms with Gasteiger partial charge in [0, 0.05) is 19.4 Å². The van der Waals surface area contributed by atoms with Gasteiger partial charge in [-0.15, -0.1) is 0 Å². The summed E-state index contributed by atoms with van der Waals surface area (Å²) in [5.41, 5.74) is -1.80. The fourth-order valence-electron chi connectivity index (χ4n) is 15.4. The summed E-state index contributed by atoms with van der Waals surface area (Å²) in [6, 6.07) is 0. The summed E-state index contributed by atoms with van der Waals surface area (Å²) >= 11 is 0. The number of hydrogen-bond donors (Lipinski definition) is 7. The van der Waals surface area contributed by atoms with Crippen LogP contribution in [0.3, 0.4) is 0 Å². The minimum absolute atomic E-state index is 0.0299. The first-order valence-corrected chi connectivity index (χ1v) is 20.9. The predicted octanol–water partition coefficient (Wildman–Crippen LogP) is 1.56. The monoisotopic (exact) mass is 782 g/mol. The summed E-state index contributed by atoms with van der Waals surface area (Å²) in [4.78, 5) is 0. The zero-order valence-corrected chi connectivity index (χ0v) is 33.7. The third-order valence-corrected chi connectivity index (χ3v) is 17.9. The lowest BCUT2D eigenvalue weighted by atomic mass is 9.41. The number of fused-ring (bicyclic) bond motifs is 4. The molecule has 5 aliphatic carbocycles. The van der Waals surface area contributed by atoms with Gasteiger partial charge in [0.2, 0.25) is 0 Å². The topological polar surface area (TPSA) is 206 Å². The van der Waals surface area contributed by atoms with Crippen LogP contribution in [0.15, 0.2) is 0 Å². The molecule has 4 aliphatic heterocycles. The molecular weight excluding hydrogens is 716 g/mol. The van der Waals surface area contributed by atoms with Crippen LogP contribution < -0.4 is 0 Å². The first-order valence-electron chi connectivity index (χ1n) is 20.9. The number of rotatable bonds is 6. The molecular formula is C41H66O14. The van der Waals surface area contributed by atoms with E-state index >= 15 is 0 Å². The van der Waals surface area contributed by atoms with Crippen LogP contribution in [0.1, 0.15) is 99.8 Å². The zero-order valence-electron chi connectivity index (χ0n) is 33.7. The smallest absolute Gasteiger partial charge is 0.190 e. The second-order valence-electron chi connectivity index (χ2n) is 21.1. The van der Waals surface area contributed by atoms with Gasteiger partial charge in [-0.3, -0.25) is 0 Å². The number of hydrogen-bond acceptors (Lipinski definition) is 14. The Morgan fingerprint density at radius 2 is 1.38 bits per heavy atom. The second-order valence-corrected chi connectivity index (χ2v) is 21.1. The van der Waals surface area contributed by atoms with E-state index in [1.165, 1.54) is 7.11 Å². The largest absolute Gasteiger partial charge is 0.393 e. The quantitative estimate of drug-likeness (QED) is 0.191. The molecule has 0 amide bonds. The van der Waals surface area contributed by atoms with Crippen molar-refractivity contribution >= 4 is 0 Å². The van der Waals surface area contributed by atoms with Crippen molar-refractivity contribution in [3.63, 3.8) is 0 Å². The van der Waals surface area contributed by atoms with Gasteiger partial charge in [0.05, 0.1) is 30.5 Å². The molecule has 3 spiro atoms. The van der Waals surface area contributed by atoms with Crippen molar-refractivity contribution in [3.8, 4) is 0 Å². The highest BCUT2D eigenvalue weighted by Crippen LogP contribution is 2.90. The normalized spacial score (nSPS) is 60.6. The van der Waals surface area contributed by atoms with Crippen molar-refractivity contribution in [2.24, 2.45) is 50.7 Å². The van der Waals surface area contributed by atoms with Crippen molar-refractivity contribution in [2.75, 3.05) is 13.7 Å². The van der Waals surface area contributed by atoms with E-state index in [4.69, 9.17) is 33.2 Å². The first kappa shape index (κ1) is 39.9. The molecule has 55 heavy (non-hydrogen) atoms. The predicted molar refractivity (Wildman–Crippen MR) is 191 cm³/mol. The first-order chi connectivity index (χ1) is 25.6. The van der Waals surface area contributed by atoms with Crippen LogP contribution in [0.2, 0.25) is 0 Å². The Kier molecular flexibility index (Phi) is 9.06. The Morgan fingerprint density at radius 3 is 2.09 bits per heavy atom. The average Bonchev–Trinajstić information content (AvgIpc) is 3.58. The molecule has 314 valence electrons. The van der Waals surface area contributed by atoms with Gasteiger partial charge < -0.3 is 68.9 Å². The van der Waals surface area contributed by atoms with Gasteiger partial charge in [-0.1, -0.05) is 34.6 Å². The van der Waals surface area contributed by atoms with Crippen LogP contribution in [0.25, 0.3) is 0 Å². The summed E-state index contributed by atoms with van der Waals surface area (Å²) in [6.45, 7) is 15.3. The molecule has 22 atom stereocenters. The van der Waals surface area contributed by atoms with Crippen molar-refractivity contribution in [1.82, 2.24) is 0 Å². The fraction of sp³-hybridized carbons (Fsp3) is 1.00. The maximum absolute atomic E-state index is 12.6. The summed E-state index contributed by atoms with van der Waals surface area (Å²) in [7, 11) is 1.36. The summed E-state index contributed by atoms with van der Waals surface area (Å²) in [5.74, 6) is -0.287. The Hall–Kier alpha value is -0.560. The Bertz CT molecular complexity index is 1510. The highest BCUT2D eigenvalue weighted by atomic mass is 16.8. The molecule has 4 saturated heterocycles. The van der Waals surface area contributed by atoms with E-state index in [0.29, 0.717) is 12.8 Å². The standard InChI is InChI=1S/C41H66O14/c1-18-13-21-31(36(4,5)55-34-28(48)25(45)27(47)32(49-8)52-34)54-41(53-21)16-38(7)30-19(42)14-22-35(2,3)23(51-33-26(46)24(44)20(43)15-50-33)9-10-39(22)17-40(30,39)12-11-37(38,6)29(18)41/h18-34,42-48H,9-17H2,1-8H3/t18-,19+,20-,21-,22+,23+,24-,25+,26-,27-,28+,29-,30+,31+,32-,33-,34+,37-,38+,39-,40+,41-/m1/s1. The SMILES string of the molecule is CO[C@@H]1O[C@@H](OC(C)(C)[C@H]2O[C@]34C[C@@]5(C)[C@@H]6[C@@H](O)C[C@H]7C(C)(C)[C@@H](O[C@H]8OC[C@@H](O)[C@@H](O)[C@H]8O)CC[C@@]78C[C@@]68CC[C@]5(C)[C@H]3[C@H](C)C[C@H]2O4)[C@@H](O)[C@@H](O)[C@H]1O. The van der Waals surface area contributed by atoms with Crippen molar-refractivity contribution in [3.05, 3.63) is 0 Å². The second kappa shape index (κ2) is 12.5. The molecule has 0 radical (unpaired) electrons. The van der Waals surface area contributed by atoms with E-state index in [-0.39, 0.29) is 69.6 Å². The Morgan fingerprint density at radius 1 is 0.691 bits per heavy atom. The van der Waals surface area contributed by atoms with E-state index in [1.54, 1.807) is 0 Å². The maximum atomic E-state index is 12.6. The number of aliphatic hydroxyl groups excluding tert-OH is 7. The van der Waals surface area contributed by atoms with Gasteiger partial charge in [0.15, 0.2) is 24.7 Å². The minimum Gasteiger partial charge on any atom is -0.393 e. The van der Waals surface area contributed by atoms with Gasteiger partial charge in [-0.2, -0.15) is 0 Å². The van der Waals surface area contributed by atoms with Gasteiger partial charge in [0.1, 0.15) is 42.7 Å². The lowest BCUT2D eigenvalue weighted by Gasteiger charge is -2.64. The molecule has 0 unspecified atom stereocenters. The van der Waals surface area contributed by atoms with Gasteiger partial charge in [-0.05, 0) is 104 Å². The third-order valence-electron chi connectivity index (χ3n) is 17.9.